The normalized spacial score (nSPS) is 27.4. The molecule has 112 valence electrons. The van der Waals surface area contributed by atoms with E-state index in [-0.39, 0.29) is 17.6 Å². The Morgan fingerprint density at radius 1 is 1.15 bits per heavy atom. The lowest BCUT2D eigenvalue weighted by atomic mass is 9.71. The van der Waals surface area contributed by atoms with Gasteiger partial charge in [0.15, 0.2) is 0 Å². The summed E-state index contributed by atoms with van der Waals surface area (Å²) in [5, 5.41) is 10.2. The SMILES string of the molecule is Cc1ccc(OC2CC(C(C)(C)C)CCC2O)c(C)c1. The maximum atomic E-state index is 10.2. The minimum absolute atomic E-state index is 0.0746. The van der Waals surface area contributed by atoms with Crippen molar-refractivity contribution in [3.8, 4) is 5.75 Å². The zero-order valence-corrected chi connectivity index (χ0v) is 13.4. The molecule has 0 heterocycles. The molecule has 0 aromatic heterocycles. The molecule has 1 aliphatic rings. The second-order valence-corrected chi connectivity index (χ2v) is 7.37. The van der Waals surface area contributed by atoms with E-state index in [0.29, 0.717) is 5.92 Å². The van der Waals surface area contributed by atoms with Gasteiger partial charge in [-0.15, -0.1) is 0 Å². The average Bonchev–Trinajstić information content (AvgIpc) is 2.33. The van der Waals surface area contributed by atoms with Gasteiger partial charge in [-0.25, -0.2) is 0 Å². The van der Waals surface area contributed by atoms with Crippen LogP contribution in [0, 0.1) is 25.2 Å². The van der Waals surface area contributed by atoms with E-state index in [0.717, 1.165) is 30.6 Å². The molecule has 1 aliphatic carbocycles. The zero-order chi connectivity index (χ0) is 14.9. The van der Waals surface area contributed by atoms with Crippen LogP contribution in [0.3, 0.4) is 0 Å². The Morgan fingerprint density at radius 2 is 1.85 bits per heavy atom. The van der Waals surface area contributed by atoms with E-state index in [1.807, 2.05) is 6.07 Å². The summed E-state index contributed by atoms with van der Waals surface area (Å²) in [4.78, 5) is 0. The summed E-state index contributed by atoms with van der Waals surface area (Å²) in [7, 11) is 0. The lowest BCUT2D eigenvalue weighted by Crippen LogP contribution is -2.41. The molecule has 0 amide bonds. The lowest BCUT2D eigenvalue weighted by Gasteiger charge is -2.40. The molecule has 3 atom stereocenters. The van der Waals surface area contributed by atoms with Crippen molar-refractivity contribution in [3.05, 3.63) is 29.3 Å². The molecular weight excluding hydrogens is 248 g/mol. The summed E-state index contributed by atoms with van der Waals surface area (Å²) in [6.45, 7) is 11.0. The van der Waals surface area contributed by atoms with Gasteiger partial charge in [-0.05, 0) is 56.1 Å². The van der Waals surface area contributed by atoms with Crippen LogP contribution < -0.4 is 4.74 Å². The van der Waals surface area contributed by atoms with E-state index in [9.17, 15) is 5.11 Å². The molecule has 2 rings (SSSR count). The number of hydrogen-bond donors (Lipinski definition) is 1. The summed E-state index contributed by atoms with van der Waals surface area (Å²) in [5.74, 6) is 1.52. The molecule has 3 unspecified atom stereocenters. The lowest BCUT2D eigenvalue weighted by molar-refractivity contribution is -0.0300. The van der Waals surface area contributed by atoms with Gasteiger partial charge in [-0.2, -0.15) is 0 Å². The molecule has 0 aliphatic heterocycles. The highest BCUT2D eigenvalue weighted by atomic mass is 16.5. The average molecular weight is 276 g/mol. The van der Waals surface area contributed by atoms with Crippen molar-refractivity contribution >= 4 is 0 Å². The van der Waals surface area contributed by atoms with Gasteiger partial charge in [0, 0.05) is 0 Å². The number of ether oxygens (including phenoxy) is 1. The van der Waals surface area contributed by atoms with E-state index in [1.165, 1.54) is 5.56 Å². The Kier molecular flexibility index (Phi) is 4.43. The van der Waals surface area contributed by atoms with E-state index in [2.05, 4.69) is 46.8 Å². The van der Waals surface area contributed by atoms with Gasteiger partial charge < -0.3 is 9.84 Å². The van der Waals surface area contributed by atoms with Gasteiger partial charge in [-0.1, -0.05) is 38.5 Å². The minimum atomic E-state index is -0.339. The van der Waals surface area contributed by atoms with Crippen molar-refractivity contribution in [2.75, 3.05) is 0 Å². The summed E-state index contributed by atoms with van der Waals surface area (Å²) in [6.07, 6.45) is 2.47. The van der Waals surface area contributed by atoms with Crippen LogP contribution in [0.5, 0.6) is 5.75 Å². The van der Waals surface area contributed by atoms with Gasteiger partial charge in [0.25, 0.3) is 0 Å². The topological polar surface area (TPSA) is 29.5 Å². The third-order valence-corrected chi connectivity index (χ3v) is 4.59. The van der Waals surface area contributed by atoms with Crippen molar-refractivity contribution in [2.45, 2.75) is 66.1 Å². The van der Waals surface area contributed by atoms with Crippen molar-refractivity contribution in [1.29, 1.82) is 0 Å². The van der Waals surface area contributed by atoms with E-state index in [1.54, 1.807) is 0 Å². The zero-order valence-electron chi connectivity index (χ0n) is 13.4. The van der Waals surface area contributed by atoms with Gasteiger partial charge in [0.2, 0.25) is 0 Å². The highest BCUT2D eigenvalue weighted by molar-refractivity contribution is 5.35. The van der Waals surface area contributed by atoms with Gasteiger partial charge >= 0.3 is 0 Å². The minimum Gasteiger partial charge on any atom is -0.487 e. The summed E-state index contributed by atoms with van der Waals surface area (Å²) in [6, 6.07) is 6.22. The molecule has 1 aromatic rings. The fourth-order valence-electron chi connectivity index (χ4n) is 3.12. The molecule has 0 saturated heterocycles. The molecule has 0 spiro atoms. The maximum Gasteiger partial charge on any atom is 0.125 e. The summed E-state index contributed by atoms with van der Waals surface area (Å²) >= 11 is 0. The number of hydrogen-bond acceptors (Lipinski definition) is 2. The Morgan fingerprint density at radius 3 is 2.45 bits per heavy atom. The summed E-state index contributed by atoms with van der Waals surface area (Å²) < 4.78 is 6.13. The van der Waals surface area contributed by atoms with Crippen molar-refractivity contribution in [3.63, 3.8) is 0 Å². The van der Waals surface area contributed by atoms with Crippen molar-refractivity contribution in [2.24, 2.45) is 11.3 Å². The van der Waals surface area contributed by atoms with Crippen LogP contribution in [0.4, 0.5) is 0 Å². The molecule has 1 N–H and O–H groups in total. The number of rotatable bonds is 2. The Hall–Kier alpha value is -1.02. The van der Waals surface area contributed by atoms with E-state index < -0.39 is 0 Å². The Labute approximate surface area is 123 Å². The monoisotopic (exact) mass is 276 g/mol. The predicted molar refractivity (Wildman–Crippen MR) is 83.1 cm³/mol. The number of aryl methyl sites for hydroxylation is 2. The fourth-order valence-corrected chi connectivity index (χ4v) is 3.12. The smallest absolute Gasteiger partial charge is 0.125 e. The number of aliphatic hydroxyl groups excluding tert-OH is 1. The molecule has 1 saturated carbocycles. The first-order valence-electron chi connectivity index (χ1n) is 7.69. The first-order chi connectivity index (χ1) is 9.27. The number of aliphatic hydroxyl groups is 1. The van der Waals surface area contributed by atoms with Crippen molar-refractivity contribution in [1.82, 2.24) is 0 Å². The van der Waals surface area contributed by atoms with Crippen LogP contribution in [0.2, 0.25) is 0 Å². The van der Waals surface area contributed by atoms with Crippen LogP contribution in [0.1, 0.15) is 51.2 Å². The largest absolute Gasteiger partial charge is 0.487 e. The molecule has 1 aromatic carbocycles. The molecular formula is C18H28O2. The second kappa shape index (κ2) is 5.77. The van der Waals surface area contributed by atoms with E-state index >= 15 is 0 Å². The van der Waals surface area contributed by atoms with Gasteiger partial charge in [0.1, 0.15) is 11.9 Å². The fraction of sp³-hybridized carbons (Fsp3) is 0.667. The highest BCUT2D eigenvalue weighted by Crippen LogP contribution is 2.39. The van der Waals surface area contributed by atoms with Crippen LogP contribution in [0.25, 0.3) is 0 Å². The standard InChI is InChI=1S/C18H28O2/c1-12-6-9-16(13(2)10-12)20-17-11-14(18(3,4)5)7-8-15(17)19/h6,9-10,14-15,17,19H,7-8,11H2,1-5H3. The quantitative estimate of drug-likeness (QED) is 0.874. The maximum absolute atomic E-state index is 10.2. The molecule has 1 fully saturated rings. The summed E-state index contributed by atoms with van der Waals surface area (Å²) in [5.41, 5.74) is 2.67. The predicted octanol–water partition coefficient (Wildman–Crippen LogP) is 4.26. The van der Waals surface area contributed by atoms with Crippen LogP contribution in [0.15, 0.2) is 18.2 Å². The molecule has 0 radical (unpaired) electrons. The molecule has 2 nitrogen and oxygen atoms in total. The highest BCUT2D eigenvalue weighted by Gasteiger charge is 2.36. The third kappa shape index (κ3) is 3.54. The van der Waals surface area contributed by atoms with Crippen molar-refractivity contribution < 1.29 is 9.84 Å². The first kappa shape index (κ1) is 15.4. The Balaban J connectivity index is 2.10. The van der Waals surface area contributed by atoms with Crippen LogP contribution >= 0.6 is 0 Å². The van der Waals surface area contributed by atoms with Crippen LogP contribution in [-0.2, 0) is 0 Å². The third-order valence-electron chi connectivity index (χ3n) is 4.59. The van der Waals surface area contributed by atoms with E-state index in [4.69, 9.17) is 4.74 Å². The van der Waals surface area contributed by atoms with Gasteiger partial charge in [0.05, 0.1) is 6.10 Å². The molecule has 0 bridgehead atoms. The molecule has 2 heteroatoms. The van der Waals surface area contributed by atoms with Crippen LogP contribution in [-0.4, -0.2) is 17.3 Å². The Bertz CT molecular complexity index is 459. The first-order valence-corrected chi connectivity index (χ1v) is 7.69. The molecule has 20 heavy (non-hydrogen) atoms. The van der Waals surface area contributed by atoms with Gasteiger partial charge in [-0.3, -0.25) is 0 Å². The number of benzene rings is 1. The second-order valence-electron chi connectivity index (χ2n) is 7.37.